The van der Waals surface area contributed by atoms with E-state index in [-0.39, 0.29) is 17.5 Å². The molecule has 4 nitrogen and oxygen atoms in total. The van der Waals surface area contributed by atoms with Gasteiger partial charge in [0.05, 0.1) is 18.7 Å². The first-order valence-corrected chi connectivity index (χ1v) is 4.60. The molecule has 1 rings (SSSR count). The third-order valence-corrected chi connectivity index (χ3v) is 2.13. The van der Waals surface area contributed by atoms with Crippen LogP contribution in [0.3, 0.4) is 0 Å². The zero-order valence-corrected chi connectivity index (χ0v) is 8.74. The summed E-state index contributed by atoms with van der Waals surface area (Å²) < 4.78 is 17.8. The van der Waals surface area contributed by atoms with Crippen LogP contribution in [-0.4, -0.2) is 19.1 Å². The number of halogens is 1. The van der Waals surface area contributed by atoms with Crippen LogP contribution in [-0.2, 0) is 16.0 Å². The van der Waals surface area contributed by atoms with E-state index in [4.69, 9.17) is 11.0 Å². The first-order chi connectivity index (χ1) is 7.58. The van der Waals surface area contributed by atoms with Crippen LogP contribution < -0.4 is 5.73 Å². The predicted molar refractivity (Wildman–Crippen MR) is 54.8 cm³/mol. The normalized spacial score (nSPS) is 11.6. The Kier molecular flexibility index (Phi) is 3.97. The Morgan fingerprint density at radius 3 is 2.88 bits per heavy atom. The summed E-state index contributed by atoms with van der Waals surface area (Å²) in [6.07, 6.45) is 0.0458. The average Bonchev–Trinajstić information content (AvgIpc) is 2.30. The van der Waals surface area contributed by atoms with Crippen LogP contribution in [0.4, 0.5) is 4.39 Å². The number of benzene rings is 1. The first kappa shape index (κ1) is 12.1. The Labute approximate surface area is 92.4 Å². The maximum absolute atomic E-state index is 13.4. The van der Waals surface area contributed by atoms with Gasteiger partial charge in [0.2, 0.25) is 0 Å². The predicted octanol–water partition coefficient (Wildman–Crippen LogP) is 0.740. The van der Waals surface area contributed by atoms with Gasteiger partial charge in [0.25, 0.3) is 0 Å². The van der Waals surface area contributed by atoms with E-state index in [9.17, 15) is 9.18 Å². The van der Waals surface area contributed by atoms with Crippen LogP contribution in [0, 0.1) is 17.1 Å². The van der Waals surface area contributed by atoms with Crippen molar-refractivity contribution in [2.45, 2.75) is 12.5 Å². The van der Waals surface area contributed by atoms with Gasteiger partial charge in [-0.25, -0.2) is 4.39 Å². The molecule has 0 saturated heterocycles. The molecular formula is C11H11FN2O2. The molecule has 0 heterocycles. The van der Waals surface area contributed by atoms with E-state index in [0.717, 1.165) is 6.07 Å². The van der Waals surface area contributed by atoms with Crippen molar-refractivity contribution in [1.82, 2.24) is 0 Å². The number of nitriles is 1. The summed E-state index contributed by atoms with van der Waals surface area (Å²) in [5, 5.41) is 8.55. The molecule has 0 amide bonds. The summed E-state index contributed by atoms with van der Waals surface area (Å²) in [7, 11) is 1.22. The zero-order chi connectivity index (χ0) is 12.1. The molecule has 2 N–H and O–H groups in total. The van der Waals surface area contributed by atoms with Crippen molar-refractivity contribution in [3.63, 3.8) is 0 Å². The van der Waals surface area contributed by atoms with E-state index in [0.29, 0.717) is 0 Å². The third kappa shape index (κ3) is 2.78. The minimum Gasteiger partial charge on any atom is -0.468 e. The highest BCUT2D eigenvalue weighted by molar-refractivity contribution is 5.75. The molecule has 1 atom stereocenters. The third-order valence-electron chi connectivity index (χ3n) is 2.13. The minimum absolute atomic E-state index is 0.0458. The molecule has 0 aromatic heterocycles. The Bertz CT molecular complexity index is 440. The standard InChI is InChI=1S/C11H11FN2O2/c1-16-11(15)10(14)5-8-3-2-7(6-13)4-9(8)12/h2-4,10H,5,14H2,1H3/t10-/m0/s1. The maximum atomic E-state index is 13.4. The lowest BCUT2D eigenvalue weighted by atomic mass is 10.0. The second kappa shape index (κ2) is 5.24. The summed E-state index contributed by atoms with van der Waals surface area (Å²) >= 11 is 0. The quantitative estimate of drug-likeness (QED) is 0.765. The van der Waals surface area contributed by atoms with Crippen molar-refractivity contribution >= 4 is 5.97 Å². The number of hydrogen-bond acceptors (Lipinski definition) is 4. The van der Waals surface area contributed by atoms with Gasteiger partial charge in [-0.05, 0) is 17.7 Å². The highest BCUT2D eigenvalue weighted by Crippen LogP contribution is 2.11. The van der Waals surface area contributed by atoms with Crippen LogP contribution in [0.1, 0.15) is 11.1 Å². The molecule has 1 aromatic rings. The second-order valence-corrected chi connectivity index (χ2v) is 3.25. The SMILES string of the molecule is COC(=O)[C@@H](N)Cc1ccc(C#N)cc1F. The number of ether oxygens (including phenoxy) is 1. The number of carbonyl (C=O) groups is 1. The fourth-order valence-electron chi connectivity index (χ4n) is 1.25. The van der Waals surface area contributed by atoms with Crippen LogP contribution in [0.25, 0.3) is 0 Å². The van der Waals surface area contributed by atoms with Crippen molar-refractivity contribution in [2.75, 3.05) is 7.11 Å². The topological polar surface area (TPSA) is 76.1 Å². The zero-order valence-electron chi connectivity index (χ0n) is 8.74. The average molecular weight is 222 g/mol. The molecule has 0 radical (unpaired) electrons. The van der Waals surface area contributed by atoms with Crippen molar-refractivity contribution < 1.29 is 13.9 Å². The van der Waals surface area contributed by atoms with Crippen molar-refractivity contribution in [2.24, 2.45) is 5.73 Å². The van der Waals surface area contributed by atoms with Crippen molar-refractivity contribution in [1.29, 1.82) is 5.26 Å². The highest BCUT2D eigenvalue weighted by Gasteiger charge is 2.16. The molecule has 0 spiro atoms. The van der Waals surface area contributed by atoms with Crippen molar-refractivity contribution in [3.05, 3.63) is 35.1 Å². The monoisotopic (exact) mass is 222 g/mol. The Balaban J connectivity index is 2.83. The Hall–Kier alpha value is -1.93. The van der Waals surface area contributed by atoms with Crippen LogP contribution in [0.15, 0.2) is 18.2 Å². The number of nitrogens with zero attached hydrogens (tertiary/aromatic N) is 1. The van der Waals surface area contributed by atoms with Gasteiger partial charge >= 0.3 is 5.97 Å². The van der Waals surface area contributed by atoms with E-state index < -0.39 is 17.8 Å². The van der Waals surface area contributed by atoms with E-state index in [1.807, 2.05) is 6.07 Å². The summed E-state index contributed by atoms with van der Waals surface area (Å²) in [6, 6.07) is 4.95. The summed E-state index contributed by atoms with van der Waals surface area (Å²) in [5.41, 5.74) is 6.01. The van der Waals surface area contributed by atoms with Crippen LogP contribution in [0.2, 0.25) is 0 Å². The fraction of sp³-hybridized carbons (Fsp3) is 0.273. The van der Waals surface area contributed by atoms with Gasteiger partial charge in [0.15, 0.2) is 0 Å². The number of nitrogens with two attached hydrogens (primary N) is 1. The van der Waals surface area contributed by atoms with Crippen molar-refractivity contribution in [3.8, 4) is 6.07 Å². The van der Waals surface area contributed by atoms with E-state index in [2.05, 4.69) is 4.74 Å². The molecule has 0 aliphatic carbocycles. The molecule has 5 heteroatoms. The van der Waals surface area contributed by atoms with Gasteiger partial charge in [0.1, 0.15) is 11.9 Å². The van der Waals surface area contributed by atoms with E-state index >= 15 is 0 Å². The second-order valence-electron chi connectivity index (χ2n) is 3.25. The van der Waals surface area contributed by atoms with Gasteiger partial charge in [0, 0.05) is 6.42 Å². The van der Waals surface area contributed by atoms with E-state index in [1.165, 1.54) is 19.2 Å². The Morgan fingerprint density at radius 1 is 1.69 bits per heavy atom. The number of carbonyl (C=O) groups excluding carboxylic acids is 1. The number of methoxy groups -OCH3 is 1. The maximum Gasteiger partial charge on any atom is 0.322 e. The number of hydrogen-bond donors (Lipinski definition) is 1. The van der Waals surface area contributed by atoms with Crippen LogP contribution >= 0.6 is 0 Å². The molecule has 1 aromatic carbocycles. The molecule has 84 valence electrons. The summed E-state index contributed by atoms with van der Waals surface area (Å²) in [4.78, 5) is 11.0. The van der Waals surface area contributed by atoms with Gasteiger partial charge < -0.3 is 10.5 Å². The van der Waals surface area contributed by atoms with Gasteiger partial charge in [-0.1, -0.05) is 6.07 Å². The smallest absolute Gasteiger partial charge is 0.322 e. The number of esters is 1. The molecule has 0 fully saturated rings. The molecule has 0 aliphatic heterocycles. The highest BCUT2D eigenvalue weighted by atomic mass is 19.1. The lowest BCUT2D eigenvalue weighted by Gasteiger charge is -2.09. The largest absolute Gasteiger partial charge is 0.468 e. The van der Waals surface area contributed by atoms with Gasteiger partial charge in [-0.15, -0.1) is 0 Å². The summed E-state index contributed by atoms with van der Waals surface area (Å²) in [6.45, 7) is 0. The lowest BCUT2D eigenvalue weighted by molar-refractivity contribution is -0.142. The molecule has 0 saturated carbocycles. The van der Waals surface area contributed by atoms with E-state index in [1.54, 1.807) is 0 Å². The molecule has 16 heavy (non-hydrogen) atoms. The lowest BCUT2D eigenvalue weighted by Crippen LogP contribution is -2.33. The van der Waals surface area contributed by atoms with Crippen LogP contribution in [0.5, 0.6) is 0 Å². The summed E-state index contributed by atoms with van der Waals surface area (Å²) in [5.74, 6) is -1.14. The molecule has 0 unspecified atom stereocenters. The molecular weight excluding hydrogens is 211 g/mol. The Morgan fingerprint density at radius 2 is 2.38 bits per heavy atom. The fourth-order valence-corrected chi connectivity index (χ4v) is 1.25. The van der Waals surface area contributed by atoms with Gasteiger partial charge in [-0.3, -0.25) is 4.79 Å². The molecule has 0 aliphatic rings. The first-order valence-electron chi connectivity index (χ1n) is 4.60. The molecule has 0 bridgehead atoms. The minimum atomic E-state index is -0.896. The number of rotatable bonds is 3. The van der Waals surface area contributed by atoms with Gasteiger partial charge in [-0.2, -0.15) is 5.26 Å².